The summed E-state index contributed by atoms with van der Waals surface area (Å²) in [6.07, 6.45) is 0. The van der Waals surface area contributed by atoms with Crippen LogP contribution in [0.2, 0.25) is 10.0 Å². The van der Waals surface area contributed by atoms with Gasteiger partial charge < -0.3 is 9.47 Å². The van der Waals surface area contributed by atoms with Crippen molar-refractivity contribution < 1.29 is 14.3 Å². The molecule has 0 saturated carbocycles. The lowest BCUT2D eigenvalue weighted by atomic mass is 10.3. The fraction of sp³-hybridized carbons (Fsp3) is 0.167. The number of benzene rings is 1. The van der Waals surface area contributed by atoms with E-state index in [1.807, 2.05) is 13.0 Å². The standard InChI is InChI=1S/C18H14Cl2N2O4/c1-11-3-2-4-16-21-13(8-17(23)22(11)16)9-26-18(24)10-25-15-6-5-12(19)7-14(15)20/h2-8H,9-10H2,1H3. The van der Waals surface area contributed by atoms with Gasteiger partial charge in [-0.05, 0) is 37.3 Å². The minimum Gasteiger partial charge on any atom is -0.480 e. The first kappa shape index (κ1) is 18.2. The Morgan fingerprint density at radius 2 is 2.00 bits per heavy atom. The van der Waals surface area contributed by atoms with E-state index in [4.69, 9.17) is 32.7 Å². The Hall–Kier alpha value is -2.57. The molecule has 8 heteroatoms. The molecule has 0 radical (unpaired) electrons. The van der Waals surface area contributed by atoms with E-state index >= 15 is 0 Å². The Kier molecular flexibility index (Phi) is 5.44. The number of rotatable bonds is 5. The zero-order valence-electron chi connectivity index (χ0n) is 13.7. The number of aromatic nitrogens is 2. The Morgan fingerprint density at radius 3 is 2.77 bits per heavy atom. The van der Waals surface area contributed by atoms with Gasteiger partial charge in [-0.1, -0.05) is 29.3 Å². The number of carbonyl (C=O) groups is 1. The number of nitrogens with zero attached hydrogens (tertiary/aromatic N) is 2. The molecule has 0 aliphatic heterocycles. The van der Waals surface area contributed by atoms with Gasteiger partial charge in [0.05, 0.1) is 10.7 Å². The summed E-state index contributed by atoms with van der Waals surface area (Å²) in [4.78, 5) is 28.3. The van der Waals surface area contributed by atoms with Crippen molar-refractivity contribution in [3.63, 3.8) is 0 Å². The van der Waals surface area contributed by atoms with E-state index in [9.17, 15) is 9.59 Å². The van der Waals surface area contributed by atoms with Gasteiger partial charge in [0.1, 0.15) is 18.0 Å². The number of fused-ring (bicyclic) bond motifs is 1. The second-order valence-corrected chi connectivity index (χ2v) is 6.31. The van der Waals surface area contributed by atoms with Crippen LogP contribution in [0.4, 0.5) is 0 Å². The predicted molar refractivity (Wildman–Crippen MR) is 98.0 cm³/mol. The minimum atomic E-state index is -0.609. The lowest BCUT2D eigenvalue weighted by Crippen LogP contribution is -2.19. The number of hydrogen-bond acceptors (Lipinski definition) is 5. The van der Waals surface area contributed by atoms with E-state index in [1.165, 1.54) is 16.5 Å². The summed E-state index contributed by atoms with van der Waals surface area (Å²) in [6.45, 7) is 1.36. The van der Waals surface area contributed by atoms with E-state index in [0.29, 0.717) is 27.1 Å². The molecule has 0 saturated heterocycles. The van der Waals surface area contributed by atoms with E-state index in [-0.39, 0.29) is 18.8 Å². The smallest absolute Gasteiger partial charge is 0.344 e. The topological polar surface area (TPSA) is 69.9 Å². The summed E-state index contributed by atoms with van der Waals surface area (Å²) in [6, 6.07) is 11.3. The molecule has 0 unspecified atom stereocenters. The third kappa shape index (κ3) is 4.15. The molecule has 0 aliphatic rings. The van der Waals surface area contributed by atoms with Crippen LogP contribution in [0.15, 0.2) is 47.3 Å². The third-order valence-corrected chi connectivity index (χ3v) is 4.08. The summed E-state index contributed by atoms with van der Waals surface area (Å²) in [7, 11) is 0. The van der Waals surface area contributed by atoms with Crippen molar-refractivity contribution >= 4 is 34.8 Å². The number of hydrogen-bond donors (Lipinski definition) is 0. The molecule has 0 fully saturated rings. The van der Waals surface area contributed by atoms with Crippen molar-refractivity contribution in [1.29, 1.82) is 0 Å². The average Bonchev–Trinajstić information content (AvgIpc) is 2.59. The molecule has 3 rings (SSSR count). The van der Waals surface area contributed by atoms with Crippen molar-refractivity contribution in [1.82, 2.24) is 9.38 Å². The highest BCUT2D eigenvalue weighted by atomic mass is 35.5. The third-order valence-electron chi connectivity index (χ3n) is 3.55. The predicted octanol–water partition coefficient (Wildman–Crippen LogP) is 3.43. The normalized spacial score (nSPS) is 10.7. The van der Waals surface area contributed by atoms with Gasteiger partial charge in [0.2, 0.25) is 0 Å². The number of ether oxygens (including phenoxy) is 2. The van der Waals surface area contributed by atoms with Gasteiger partial charge in [-0.25, -0.2) is 9.78 Å². The zero-order valence-corrected chi connectivity index (χ0v) is 15.3. The first-order valence-corrected chi connectivity index (χ1v) is 8.41. The Morgan fingerprint density at radius 1 is 1.19 bits per heavy atom. The Labute approximate surface area is 158 Å². The van der Waals surface area contributed by atoms with Crippen molar-refractivity contribution in [3.8, 4) is 5.75 Å². The molecule has 0 N–H and O–H groups in total. The highest BCUT2D eigenvalue weighted by Gasteiger charge is 2.10. The van der Waals surface area contributed by atoms with Crippen LogP contribution in [-0.2, 0) is 16.1 Å². The van der Waals surface area contributed by atoms with E-state index in [2.05, 4.69) is 4.98 Å². The molecule has 2 aromatic heterocycles. The fourth-order valence-electron chi connectivity index (χ4n) is 2.36. The summed E-state index contributed by atoms with van der Waals surface area (Å²) >= 11 is 11.8. The van der Waals surface area contributed by atoms with Crippen LogP contribution in [0, 0.1) is 6.92 Å². The summed E-state index contributed by atoms with van der Waals surface area (Å²) in [5, 5.41) is 0.763. The fourth-order valence-corrected chi connectivity index (χ4v) is 2.83. The molecular formula is C18H14Cl2N2O4. The molecular weight excluding hydrogens is 379 g/mol. The highest BCUT2D eigenvalue weighted by Crippen LogP contribution is 2.27. The largest absolute Gasteiger partial charge is 0.480 e. The van der Waals surface area contributed by atoms with Crippen LogP contribution < -0.4 is 10.3 Å². The molecule has 26 heavy (non-hydrogen) atoms. The van der Waals surface area contributed by atoms with Gasteiger partial charge in [-0.2, -0.15) is 0 Å². The van der Waals surface area contributed by atoms with Gasteiger partial charge in [-0.15, -0.1) is 0 Å². The van der Waals surface area contributed by atoms with Crippen molar-refractivity contribution in [3.05, 3.63) is 74.3 Å². The molecule has 0 amide bonds. The van der Waals surface area contributed by atoms with E-state index in [1.54, 1.807) is 24.3 Å². The maximum atomic E-state index is 12.2. The Balaban J connectivity index is 1.62. The number of halogens is 2. The first-order valence-electron chi connectivity index (χ1n) is 7.66. The monoisotopic (exact) mass is 392 g/mol. The molecule has 134 valence electrons. The number of aryl methyl sites for hydroxylation is 1. The molecule has 3 aromatic rings. The minimum absolute atomic E-state index is 0.129. The zero-order chi connectivity index (χ0) is 18.7. The van der Waals surface area contributed by atoms with Crippen LogP contribution in [0.5, 0.6) is 5.75 Å². The SMILES string of the molecule is Cc1cccc2nc(COC(=O)COc3ccc(Cl)cc3Cl)cc(=O)n12. The maximum absolute atomic E-state index is 12.2. The van der Waals surface area contributed by atoms with E-state index in [0.717, 1.165) is 5.69 Å². The van der Waals surface area contributed by atoms with Crippen LogP contribution in [-0.4, -0.2) is 22.0 Å². The second-order valence-electron chi connectivity index (χ2n) is 5.47. The summed E-state index contributed by atoms with van der Waals surface area (Å²) < 4.78 is 11.9. The van der Waals surface area contributed by atoms with Crippen LogP contribution in [0.25, 0.3) is 5.65 Å². The molecule has 0 aliphatic carbocycles. The first-order chi connectivity index (χ1) is 12.4. The van der Waals surface area contributed by atoms with Crippen molar-refractivity contribution in [2.45, 2.75) is 13.5 Å². The van der Waals surface area contributed by atoms with E-state index < -0.39 is 5.97 Å². The van der Waals surface area contributed by atoms with Crippen LogP contribution >= 0.6 is 23.2 Å². The molecule has 6 nitrogen and oxygen atoms in total. The summed E-state index contributed by atoms with van der Waals surface area (Å²) in [5.74, 6) is -0.284. The maximum Gasteiger partial charge on any atom is 0.344 e. The molecule has 0 spiro atoms. The lowest BCUT2D eigenvalue weighted by Gasteiger charge is -2.09. The van der Waals surface area contributed by atoms with Gasteiger partial charge in [0.15, 0.2) is 6.61 Å². The number of esters is 1. The lowest BCUT2D eigenvalue weighted by molar-refractivity contribution is -0.147. The van der Waals surface area contributed by atoms with Crippen LogP contribution in [0.1, 0.15) is 11.4 Å². The highest BCUT2D eigenvalue weighted by molar-refractivity contribution is 6.35. The molecule has 1 aromatic carbocycles. The quantitative estimate of drug-likeness (QED) is 0.622. The van der Waals surface area contributed by atoms with Crippen molar-refractivity contribution in [2.24, 2.45) is 0 Å². The molecule has 0 atom stereocenters. The molecule has 0 bridgehead atoms. The molecule has 2 heterocycles. The van der Waals surface area contributed by atoms with Gasteiger partial charge in [0, 0.05) is 16.8 Å². The average molecular weight is 393 g/mol. The number of pyridine rings is 1. The van der Waals surface area contributed by atoms with Crippen molar-refractivity contribution in [2.75, 3.05) is 6.61 Å². The summed E-state index contributed by atoms with van der Waals surface area (Å²) in [5.41, 5.74) is 1.39. The second kappa shape index (κ2) is 7.76. The Bertz CT molecular complexity index is 1030. The van der Waals surface area contributed by atoms with Crippen LogP contribution in [0.3, 0.4) is 0 Å². The van der Waals surface area contributed by atoms with Gasteiger partial charge >= 0.3 is 5.97 Å². The van der Waals surface area contributed by atoms with Gasteiger partial charge in [-0.3, -0.25) is 9.20 Å². The number of carbonyl (C=O) groups excluding carboxylic acids is 1. The van der Waals surface area contributed by atoms with Gasteiger partial charge in [0.25, 0.3) is 5.56 Å².